The Hall–Kier alpha value is -1.30. The summed E-state index contributed by atoms with van der Waals surface area (Å²) in [6.07, 6.45) is 2.15. The van der Waals surface area contributed by atoms with Crippen LogP contribution >= 0.6 is 0 Å². The Morgan fingerprint density at radius 1 is 1.43 bits per heavy atom. The number of rotatable bonds is 6. The number of carboxylic acid groups (broad SMARTS) is 1. The Morgan fingerprint density at radius 2 is 2.10 bits per heavy atom. The van der Waals surface area contributed by atoms with Crippen LogP contribution in [-0.2, 0) is 9.53 Å². The van der Waals surface area contributed by atoms with Gasteiger partial charge in [0.2, 0.25) is 0 Å². The molecule has 1 aliphatic heterocycles. The fourth-order valence-electron chi connectivity index (χ4n) is 2.43. The number of amides is 1. The molecule has 1 fully saturated rings. The minimum atomic E-state index is -0.806. The van der Waals surface area contributed by atoms with Crippen molar-refractivity contribution in [1.29, 1.82) is 0 Å². The number of aliphatic carboxylic acids is 1. The Bertz CT molecular complexity index is 365. The normalized spacial score (nSPS) is 20.4. The van der Waals surface area contributed by atoms with Gasteiger partial charge >= 0.3 is 12.1 Å². The zero-order valence-corrected chi connectivity index (χ0v) is 13.5. The molecular formula is C15H28N2O4. The number of nitrogens with one attached hydrogen (secondary N) is 1. The molecule has 1 rings (SSSR count). The molecule has 2 atom stereocenters. The van der Waals surface area contributed by atoms with Gasteiger partial charge in [0, 0.05) is 13.1 Å². The Morgan fingerprint density at radius 3 is 2.62 bits per heavy atom. The molecule has 6 nitrogen and oxygen atoms in total. The van der Waals surface area contributed by atoms with Gasteiger partial charge in [0.25, 0.3) is 0 Å². The minimum absolute atomic E-state index is 0.255. The first-order chi connectivity index (χ1) is 9.73. The molecule has 1 heterocycles. The molecule has 2 unspecified atom stereocenters. The van der Waals surface area contributed by atoms with Crippen LogP contribution in [-0.4, -0.2) is 53.3 Å². The first-order valence-corrected chi connectivity index (χ1v) is 7.67. The number of likely N-dealkylation sites (tertiary alicyclic amines) is 1. The molecule has 0 spiro atoms. The topological polar surface area (TPSA) is 78.9 Å². The molecule has 2 N–H and O–H groups in total. The second kappa shape index (κ2) is 7.64. The van der Waals surface area contributed by atoms with Gasteiger partial charge in [-0.2, -0.15) is 0 Å². The van der Waals surface area contributed by atoms with Crippen LogP contribution in [0.3, 0.4) is 0 Å². The van der Waals surface area contributed by atoms with Gasteiger partial charge in [-0.1, -0.05) is 6.92 Å². The van der Waals surface area contributed by atoms with Crippen LogP contribution in [0, 0.1) is 5.92 Å². The molecule has 21 heavy (non-hydrogen) atoms. The zero-order chi connectivity index (χ0) is 16.0. The van der Waals surface area contributed by atoms with Crippen molar-refractivity contribution < 1.29 is 19.4 Å². The first kappa shape index (κ1) is 17.8. The zero-order valence-electron chi connectivity index (χ0n) is 13.5. The van der Waals surface area contributed by atoms with Gasteiger partial charge in [-0.15, -0.1) is 0 Å². The van der Waals surface area contributed by atoms with E-state index in [-0.39, 0.29) is 6.09 Å². The Balaban J connectivity index is 2.29. The summed E-state index contributed by atoms with van der Waals surface area (Å²) < 4.78 is 5.36. The number of carboxylic acids is 1. The lowest BCUT2D eigenvalue weighted by Crippen LogP contribution is -2.37. The van der Waals surface area contributed by atoms with Crippen molar-refractivity contribution in [2.24, 2.45) is 5.92 Å². The van der Waals surface area contributed by atoms with E-state index in [0.717, 1.165) is 19.4 Å². The van der Waals surface area contributed by atoms with Gasteiger partial charge < -0.3 is 20.1 Å². The van der Waals surface area contributed by atoms with Crippen molar-refractivity contribution in [1.82, 2.24) is 10.2 Å². The minimum Gasteiger partial charge on any atom is -0.480 e. The SMILES string of the molecule is CCC(NCCC1CCN(C(=O)OC(C)(C)C)C1)C(=O)O. The molecule has 1 saturated heterocycles. The summed E-state index contributed by atoms with van der Waals surface area (Å²) in [6.45, 7) is 9.51. The first-order valence-electron chi connectivity index (χ1n) is 7.67. The molecular weight excluding hydrogens is 272 g/mol. The Labute approximate surface area is 126 Å². The fraction of sp³-hybridized carbons (Fsp3) is 0.867. The fourth-order valence-corrected chi connectivity index (χ4v) is 2.43. The third-order valence-electron chi connectivity index (χ3n) is 3.59. The molecule has 0 saturated carbocycles. The number of carbonyl (C=O) groups excluding carboxylic acids is 1. The lowest BCUT2D eigenvalue weighted by atomic mass is 10.0. The standard InChI is InChI=1S/C15H28N2O4/c1-5-12(13(18)19)16-8-6-11-7-9-17(10-11)14(20)21-15(2,3)4/h11-12,16H,5-10H2,1-4H3,(H,18,19). The molecule has 1 amide bonds. The van der Waals surface area contributed by atoms with E-state index in [4.69, 9.17) is 9.84 Å². The summed E-state index contributed by atoms with van der Waals surface area (Å²) >= 11 is 0. The number of ether oxygens (including phenoxy) is 1. The second-order valence-corrected chi connectivity index (χ2v) is 6.62. The van der Waals surface area contributed by atoms with Crippen LogP contribution in [0.1, 0.15) is 47.0 Å². The highest BCUT2D eigenvalue weighted by molar-refractivity contribution is 5.73. The summed E-state index contributed by atoms with van der Waals surface area (Å²) in [7, 11) is 0. The van der Waals surface area contributed by atoms with Crippen molar-refractivity contribution in [3.05, 3.63) is 0 Å². The second-order valence-electron chi connectivity index (χ2n) is 6.62. The molecule has 0 aromatic rings. The predicted octanol–water partition coefficient (Wildman–Crippen LogP) is 2.09. The summed E-state index contributed by atoms with van der Waals surface area (Å²) in [6, 6.07) is -0.478. The predicted molar refractivity (Wildman–Crippen MR) is 80.2 cm³/mol. The number of nitrogens with zero attached hydrogens (tertiary/aromatic N) is 1. The molecule has 6 heteroatoms. The molecule has 0 radical (unpaired) electrons. The van der Waals surface area contributed by atoms with E-state index in [1.54, 1.807) is 4.90 Å². The van der Waals surface area contributed by atoms with Gasteiger partial charge in [-0.3, -0.25) is 4.79 Å². The highest BCUT2D eigenvalue weighted by atomic mass is 16.6. The molecule has 122 valence electrons. The smallest absolute Gasteiger partial charge is 0.410 e. The van der Waals surface area contributed by atoms with Crippen molar-refractivity contribution in [3.8, 4) is 0 Å². The van der Waals surface area contributed by atoms with Crippen LogP contribution in [0.5, 0.6) is 0 Å². The lowest BCUT2D eigenvalue weighted by Gasteiger charge is -2.24. The van der Waals surface area contributed by atoms with Gasteiger partial charge in [-0.25, -0.2) is 4.79 Å². The van der Waals surface area contributed by atoms with E-state index in [1.807, 2.05) is 27.7 Å². The summed E-state index contributed by atoms with van der Waals surface area (Å²) in [5, 5.41) is 12.0. The highest BCUT2D eigenvalue weighted by Gasteiger charge is 2.29. The number of carbonyl (C=O) groups is 2. The lowest BCUT2D eigenvalue weighted by molar-refractivity contribution is -0.139. The number of hydrogen-bond donors (Lipinski definition) is 2. The average molecular weight is 300 g/mol. The van der Waals surface area contributed by atoms with Crippen molar-refractivity contribution >= 4 is 12.1 Å². The third-order valence-corrected chi connectivity index (χ3v) is 3.59. The van der Waals surface area contributed by atoms with E-state index in [9.17, 15) is 9.59 Å². The summed E-state index contributed by atoms with van der Waals surface area (Å²) in [4.78, 5) is 24.6. The van der Waals surface area contributed by atoms with Gasteiger partial charge in [0.15, 0.2) is 0 Å². The molecule has 0 aliphatic carbocycles. The maximum atomic E-state index is 11.9. The molecule has 0 bridgehead atoms. The van der Waals surface area contributed by atoms with Crippen LogP contribution < -0.4 is 5.32 Å². The monoisotopic (exact) mass is 300 g/mol. The molecule has 1 aliphatic rings. The van der Waals surface area contributed by atoms with E-state index in [0.29, 0.717) is 25.4 Å². The summed E-state index contributed by atoms with van der Waals surface area (Å²) in [5.74, 6) is -0.393. The van der Waals surface area contributed by atoms with Crippen LogP contribution in [0.4, 0.5) is 4.79 Å². The van der Waals surface area contributed by atoms with Crippen molar-refractivity contribution in [3.63, 3.8) is 0 Å². The Kier molecular flexibility index (Phi) is 6.45. The summed E-state index contributed by atoms with van der Waals surface area (Å²) in [5.41, 5.74) is -0.466. The van der Waals surface area contributed by atoms with E-state index in [1.165, 1.54) is 0 Å². The van der Waals surface area contributed by atoms with Gasteiger partial charge in [0.1, 0.15) is 11.6 Å². The maximum Gasteiger partial charge on any atom is 0.410 e. The maximum absolute atomic E-state index is 11.9. The van der Waals surface area contributed by atoms with Crippen LogP contribution in [0.15, 0.2) is 0 Å². The van der Waals surface area contributed by atoms with Crippen molar-refractivity contribution in [2.45, 2.75) is 58.6 Å². The third kappa shape index (κ3) is 6.33. The van der Waals surface area contributed by atoms with E-state index < -0.39 is 17.6 Å². The van der Waals surface area contributed by atoms with Crippen molar-refractivity contribution in [2.75, 3.05) is 19.6 Å². The van der Waals surface area contributed by atoms with Crippen LogP contribution in [0.25, 0.3) is 0 Å². The van der Waals surface area contributed by atoms with E-state index in [2.05, 4.69) is 5.32 Å². The quantitative estimate of drug-likeness (QED) is 0.785. The largest absolute Gasteiger partial charge is 0.480 e. The molecule has 0 aromatic heterocycles. The van der Waals surface area contributed by atoms with Gasteiger partial charge in [0.05, 0.1) is 0 Å². The molecule has 0 aromatic carbocycles. The highest BCUT2D eigenvalue weighted by Crippen LogP contribution is 2.21. The number of hydrogen-bond acceptors (Lipinski definition) is 4. The van der Waals surface area contributed by atoms with E-state index >= 15 is 0 Å². The van der Waals surface area contributed by atoms with Crippen LogP contribution in [0.2, 0.25) is 0 Å². The van der Waals surface area contributed by atoms with Gasteiger partial charge in [-0.05, 0) is 52.5 Å². The average Bonchev–Trinajstić information content (AvgIpc) is 2.81.